The Hall–Kier alpha value is -1.03. The van der Waals surface area contributed by atoms with E-state index in [1.165, 1.54) is 0 Å². The number of hydrogen-bond acceptors (Lipinski definition) is 1. The van der Waals surface area contributed by atoms with E-state index in [2.05, 4.69) is 11.8 Å². The Balaban J connectivity index is 4.38. The van der Waals surface area contributed by atoms with Crippen molar-refractivity contribution in [3.63, 3.8) is 0 Å². The van der Waals surface area contributed by atoms with Crippen LogP contribution in [0.1, 0.15) is 34.6 Å². The van der Waals surface area contributed by atoms with Gasteiger partial charge in [0.25, 0.3) is 0 Å². The van der Waals surface area contributed by atoms with Crippen molar-refractivity contribution in [1.82, 2.24) is 0 Å². The van der Waals surface area contributed by atoms with Gasteiger partial charge in [0, 0.05) is 11.0 Å². The molecule has 0 fully saturated rings. The van der Waals surface area contributed by atoms with Gasteiger partial charge in [0.1, 0.15) is 0 Å². The van der Waals surface area contributed by atoms with E-state index < -0.39 is 0 Å². The van der Waals surface area contributed by atoms with Gasteiger partial charge in [-0.1, -0.05) is 11.8 Å². The number of hydrogen-bond donors (Lipinski definition) is 0. The van der Waals surface area contributed by atoms with Crippen LogP contribution in [0.4, 0.5) is 0 Å². The van der Waals surface area contributed by atoms with E-state index in [0.717, 1.165) is 0 Å². The second-order valence-electron chi connectivity index (χ2n) is 3.90. The van der Waals surface area contributed by atoms with Gasteiger partial charge in [0.2, 0.25) is 0 Å². The van der Waals surface area contributed by atoms with E-state index in [4.69, 9.17) is 0 Å². The van der Waals surface area contributed by atoms with E-state index in [1.54, 1.807) is 19.9 Å². The summed E-state index contributed by atoms with van der Waals surface area (Å²) in [5, 5.41) is 0. The van der Waals surface area contributed by atoms with Crippen molar-refractivity contribution in [2.45, 2.75) is 34.6 Å². The van der Waals surface area contributed by atoms with Crippen molar-refractivity contribution in [2.24, 2.45) is 5.41 Å². The molecular weight excluding hydrogens is 148 g/mol. The van der Waals surface area contributed by atoms with Crippen LogP contribution in [0.2, 0.25) is 0 Å². The van der Waals surface area contributed by atoms with Crippen molar-refractivity contribution < 1.29 is 4.79 Å². The van der Waals surface area contributed by atoms with Crippen LogP contribution in [-0.2, 0) is 4.79 Å². The first-order chi connectivity index (χ1) is 5.33. The van der Waals surface area contributed by atoms with Crippen LogP contribution in [0.25, 0.3) is 0 Å². The molecule has 0 saturated heterocycles. The summed E-state index contributed by atoms with van der Waals surface area (Å²) in [6.45, 7) is 9.44. The van der Waals surface area contributed by atoms with Gasteiger partial charge in [-0.3, -0.25) is 4.79 Å². The molecule has 0 saturated carbocycles. The number of allylic oxidation sites excluding steroid dienone is 2. The Labute approximate surface area is 74.9 Å². The van der Waals surface area contributed by atoms with Crippen molar-refractivity contribution in [1.29, 1.82) is 0 Å². The molecule has 0 atom stereocenters. The lowest BCUT2D eigenvalue weighted by atomic mass is 9.98. The monoisotopic (exact) mass is 164 g/mol. The molecule has 0 radical (unpaired) electrons. The molecule has 66 valence electrons. The summed E-state index contributed by atoms with van der Waals surface area (Å²) >= 11 is 0. The maximum absolute atomic E-state index is 10.8. The second-order valence-corrected chi connectivity index (χ2v) is 3.90. The third-order valence-corrected chi connectivity index (χ3v) is 1.29. The first-order valence-corrected chi connectivity index (χ1v) is 4.03. The first kappa shape index (κ1) is 11.0. The smallest absolute Gasteiger partial charge is 0.156 e. The lowest BCUT2D eigenvalue weighted by Gasteiger charge is -2.05. The number of ketones is 1. The van der Waals surface area contributed by atoms with Gasteiger partial charge in [0.15, 0.2) is 5.78 Å². The topological polar surface area (TPSA) is 17.1 Å². The van der Waals surface area contributed by atoms with Crippen molar-refractivity contribution >= 4 is 5.78 Å². The summed E-state index contributed by atoms with van der Waals surface area (Å²) in [6.07, 6.45) is 1.67. The molecule has 0 aliphatic rings. The predicted octanol–water partition coefficient (Wildman–Crippen LogP) is 2.57. The van der Waals surface area contributed by atoms with E-state index in [9.17, 15) is 4.79 Å². The van der Waals surface area contributed by atoms with Crippen LogP contribution in [0.15, 0.2) is 11.6 Å². The number of rotatable bonds is 1. The number of carbonyl (C=O) groups excluding carboxylic acids is 1. The lowest BCUT2D eigenvalue weighted by molar-refractivity contribution is -0.113. The largest absolute Gasteiger partial charge is 0.295 e. The third kappa shape index (κ3) is 5.73. The van der Waals surface area contributed by atoms with Crippen LogP contribution < -0.4 is 0 Å². The number of carbonyl (C=O) groups is 1. The van der Waals surface area contributed by atoms with Gasteiger partial charge in [-0.15, -0.1) is 0 Å². The molecule has 0 aliphatic heterocycles. The minimum absolute atomic E-state index is 0.00751. The third-order valence-electron chi connectivity index (χ3n) is 1.29. The Bertz CT molecular complexity index is 253. The molecule has 0 bridgehead atoms. The molecule has 1 nitrogen and oxygen atoms in total. The molecule has 0 amide bonds. The highest BCUT2D eigenvalue weighted by atomic mass is 16.1. The van der Waals surface area contributed by atoms with Gasteiger partial charge in [-0.25, -0.2) is 0 Å². The summed E-state index contributed by atoms with van der Waals surface area (Å²) in [5.74, 6) is 5.98. The Kier molecular flexibility index (Phi) is 3.76. The highest BCUT2D eigenvalue weighted by molar-refractivity contribution is 5.93. The van der Waals surface area contributed by atoms with E-state index in [-0.39, 0.29) is 11.2 Å². The highest BCUT2D eigenvalue weighted by Gasteiger charge is 2.02. The van der Waals surface area contributed by atoms with Gasteiger partial charge in [0.05, 0.1) is 0 Å². The summed E-state index contributed by atoms with van der Waals surface area (Å²) in [4.78, 5) is 10.8. The molecule has 12 heavy (non-hydrogen) atoms. The molecule has 0 aromatic rings. The molecule has 0 spiro atoms. The van der Waals surface area contributed by atoms with Crippen LogP contribution in [0.3, 0.4) is 0 Å². The zero-order valence-corrected chi connectivity index (χ0v) is 8.49. The van der Waals surface area contributed by atoms with Gasteiger partial charge in [-0.2, -0.15) is 0 Å². The normalized spacial score (nSPS) is 11.9. The molecule has 1 heteroatoms. The van der Waals surface area contributed by atoms with Gasteiger partial charge < -0.3 is 0 Å². The van der Waals surface area contributed by atoms with Crippen LogP contribution in [0.5, 0.6) is 0 Å². The Morgan fingerprint density at radius 2 is 1.75 bits per heavy atom. The zero-order chi connectivity index (χ0) is 9.78. The van der Waals surface area contributed by atoms with E-state index in [1.807, 2.05) is 20.8 Å². The molecular formula is C11H16O. The average molecular weight is 164 g/mol. The van der Waals surface area contributed by atoms with Crippen molar-refractivity contribution in [2.75, 3.05) is 0 Å². The van der Waals surface area contributed by atoms with Crippen molar-refractivity contribution in [3.8, 4) is 11.8 Å². The quantitative estimate of drug-likeness (QED) is 0.430. The van der Waals surface area contributed by atoms with Gasteiger partial charge >= 0.3 is 0 Å². The summed E-state index contributed by atoms with van der Waals surface area (Å²) in [5.41, 5.74) is 0.722. The molecule has 0 rings (SSSR count). The average Bonchev–Trinajstić information content (AvgIpc) is 1.84. The van der Waals surface area contributed by atoms with E-state index in [0.29, 0.717) is 5.57 Å². The highest BCUT2D eigenvalue weighted by Crippen LogP contribution is 2.09. The standard InChI is InChI=1S/C11H16O/c1-9(10(2)12)7-6-8-11(3,4)5/h7H,1-5H3. The maximum Gasteiger partial charge on any atom is 0.156 e. The Morgan fingerprint density at radius 3 is 2.08 bits per heavy atom. The van der Waals surface area contributed by atoms with Crippen LogP contribution in [0, 0.1) is 17.3 Å². The number of Topliss-reactive ketones (excluding diaryl/α,β-unsaturated/α-hetero) is 1. The lowest BCUT2D eigenvalue weighted by Crippen LogP contribution is -1.99. The minimum atomic E-state index is 0.00751. The summed E-state index contributed by atoms with van der Waals surface area (Å²) in [7, 11) is 0. The zero-order valence-electron chi connectivity index (χ0n) is 8.49. The molecule has 0 aromatic heterocycles. The Morgan fingerprint density at radius 1 is 1.25 bits per heavy atom. The van der Waals surface area contributed by atoms with E-state index >= 15 is 0 Å². The molecule has 0 heterocycles. The molecule has 0 aliphatic carbocycles. The predicted molar refractivity (Wildman–Crippen MR) is 51.7 cm³/mol. The molecule has 0 unspecified atom stereocenters. The fourth-order valence-electron chi connectivity index (χ4n) is 0.462. The fraction of sp³-hybridized carbons (Fsp3) is 0.545. The molecule has 0 aromatic carbocycles. The van der Waals surface area contributed by atoms with Gasteiger partial charge in [-0.05, 0) is 40.7 Å². The SMILES string of the molecule is CC(=O)C(C)=CC#CC(C)(C)C. The second kappa shape index (κ2) is 4.11. The first-order valence-electron chi connectivity index (χ1n) is 4.03. The fourth-order valence-corrected chi connectivity index (χ4v) is 0.462. The maximum atomic E-state index is 10.8. The van der Waals surface area contributed by atoms with Crippen molar-refractivity contribution in [3.05, 3.63) is 11.6 Å². The van der Waals surface area contributed by atoms with Crippen LogP contribution in [-0.4, -0.2) is 5.78 Å². The summed E-state index contributed by atoms with van der Waals surface area (Å²) < 4.78 is 0. The minimum Gasteiger partial charge on any atom is -0.295 e. The summed E-state index contributed by atoms with van der Waals surface area (Å²) in [6, 6.07) is 0. The molecule has 0 N–H and O–H groups in total. The van der Waals surface area contributed by atoms with Crippen LogP contribution >= 0.6 is 0 Å².